The van der Waals surface area contributed by atoms with Gasteiger partial charge < -0.3 is 20.7 Å². The predicted molar refractivity (Wildman–Crippen MR) is 141 cm³/mol. The van der Waals surface area contributed by atoms with E-state index in [1.165, 1.54) is 15.3 Å². The maximum atomic E-state index is 12.1. The van der Waals surface area contributed by atoms with Crippen LogP contribution < -0.4 is 16.0 Å². The Hall–Kier alpha value is -1.69. The molecule has 0 aliphatic carbocycles. The highest BCUT2D eigenvalue weighted by molar-refractivity contribution is 14.0. The van der Waals surface area contributed by atoms with Gasteiger partial charge in [0.15, 0.2) is 5.96 Å². The predicted octanol–water partition coefficient (Wildman–Crippen LogP) is 3.34. The third kappa shape index (κ3) is 6.21. The molecule has 4 rings (SSSR count). The van der Waals surface area contributed by atoms with Gasteiger partial charge in [-0.1, -0.05) is 18.2 Å². The molecule has 0 spiro atoms. The van der Waals surface area contributed by atoms with Gasteiger partial charge in [0.25, 0.3) is 0 Å². The molecular formula is C23H32IN5O2S. The van der Waals surface area contributed by atoms with E-state index in [9.17, 15) is 4.79 Å². The fraction of sp³-hybridized carbons (Fsp3) is 0.478. The summed E-state index contributed by atoms with van der Waals surface area (Å²) >= 11 is 1.85. The lowest BCUT2D eigenvalue weighted by Crippen LogP contribution is -2.47. The fourth-order valence-corrected chi connectivity index (χ4v) is 5.26. The van der Waals surface area contributed by atoms with E-state index in [2.05, 4.69) is 51.0 Å². The maximum absolute atomic E-state index is 12.1. The molecule has 2 atom stereocenters. The quantitative estimate of drug-likeness (QED) is 0.283. The molecule has 3 heterocycles. The van der Waals surface area contributed by atoms with Crippen molar-refractivity contribution in [3.05, 3.63) is 51.7 Å². The number of guanidine groups is 1. The van der Waals surface area contributed by atoms with Crippen molar-refractivity contribution in [3.63, 3.8) is 0 Å². The molecule has 0 bridgehead atoms. The molecule has 1 saturated heterocycles. The van der Waals surface area contributed by atoms with Crippen LogP contribution in [0.1, 0.15) is 33.7 Å². The van der Waals surface area contributed by atoms with Crippen molar-refractivity contribution in [1.29, 1.82) is 0 Å². The first-order valence-electron chi connectivity index (χ1n) is 10.9. The van der Waals surface area contributed by atoms with Crippen LogP contribution in [0, 0.1) is 6.92 Å². The lowest BCUT2D eigenvalue weighted by Gasteiger charge is -2.34. The number of carbonyl (C=O) groups is 1. The van der Waals surface area contributed by atoms with Gasteiger partial charge in [-0.25, -0.2) is 0 Å². The summed E-state index contributed by atoms with van der Waals surface area (Å²) in [5.41, 5.74) is 2.08. The minimum atomic E-state index is 0. The van der Waals surface area contributed by atoms with Gasteiger partial charge in [0.2, 0.25) is 5.91 Å². The normalized spacial score (nSPS) is 20.0. The first kappa shape index (κ1) is 24.9. The summed E-state index contributed by atoms with van der Waals surface area (Å²) in [4.78, 5) is 21.7. The summed E-state index contributed by atoms with van der Waals surface area (Å²) in [7, 11) is 1.79. The second-order valence-electron chi connectivity index (χ2n) is 7.98. The van der Waals surface area contributed by atoms with Crippen LogP contribution in [0.3, 0.4) is 0 Å². The minimum absolute atomic E-state index is 0. The Morgan fingerprint density at radius 3 is 2.75 bits per heavy atom. The summed E-state index contributed by atoms with van der Waals surface area (Å²) in [5, 5.41) is 9.91. The van der Waals surface area contributed by atoms with Crippen LogP contribution in [0.25, 0.3) is 0 Å². The number of aliphatic imine (C=N–C) groups is 1. The van der Waals surface area contributed by atoms with Crippen LogP contribution in [0.15, 0.2) is 41.4 Å². The number of carbonyl (C=O) groups excluding carboxylic acids is 1. The van der Waals surface area contributed by atoms with E-state index in [4.69, 9.17) is 4.74 Å². The Kier molecular flexibility index (Phi) is 9.33. The monoisotopic (exact) mass is 569 g/mol. The van der Waals surface area contributed by atoms with Crippen LogP contribution >= 0.6 is 35.3 Å². The summed E-state index contributed by atoms with van der Waals surface area (Å²) in [6, 6.07) is 12.7. The number of anilines is 1. The van der Waals surface area contributed by atoms with Crippen LogP contribution in [0.5, 0.6) is 0 Å². The smallest absolute Gasteiger partial charge is 0.225 e. The molecule has 0 radical (unpaired) electrons. The number of amides is 1. The van der Waals surface area contributed by atoms with E-state index in [-0.39, 0.29) is 41.8 Å². The Morgan fingerprint density at radius 1 is 1.25 bits per heavy atom. The number of benzene rings is 1. The number of nitrogens with zero attached hydrogens (tertiary/aromatic N) is 2. The van der Waals surface area contributed by atoms with Gasteiger partial charge in [-0.15, -0.1) is 35.3 Å². The number of halogens is 1. The highest BCUT2D eigenvalue weighted by Crippen LogP contribution is 2.31. The average Bonchev–Trinajstić information content (AvgIpc) is 3.22. The molecule has 0 saturated carbocycles. The van der Waals surface area contributed by atoms with Gasteiger partial charge in [0.1, 0.15) is 0 Å². The number of hydrogen-bond donors (Lipinski definition) is 3. The molecule has 174 valence electrons. The zero-order valence-corrected chi connectivity index (χ0v) is 21.7. The van der Waals surface area contributed by atoms with Gasteiger partial charge in [0.05, 0.1) is 19.3 Å². The molecule has 32 heavy (non-hydrogen) atoms. The van der Waals surface area contributed by atoms with E-state index in [1.54, 1.807) is 7.05 Å². The zero-order chi connectivity index (χ0) is 21.6. The molecule has 1 aromatic carbocycles. The van der Waals surface area contributed by atoms with Crippen molar-refractivity contribution in [2.45, 2.75) is 25.3 Å². The van der Waals surface area contributed by atoms with Gasteiger partial charge in [-0.3, -0.25) is 14.7 Å². The van der Waals surface area contributed by atoms with Crippen molar-refractivity contribution in [3.8, 4) is 0 Å². The van der Waals surface area contributed by atoms with Gasteiger partial charge in [-0.2, -0.15) is 0 Å². The van der Waals surface area contributed by atoms with Crippen molar-refractivity contribution < 1.29 is 9.53 Å². The largest absolute Gasteiger partial charge is 0.379 e. The number of rotatable bonds is 6. The molecule has 2 aromatic rings. The Labute approximate surface area is 211 Å². The zero-order valence-electron chi connectivity index (χ0n) is 18.6. The Bertz CT molecular complexity index is 929. The second kappa shape index (κ2) is 12.0. The van der Waals surface area contributed by atoms with E-state index >= 15 is 0 Å². The lowest BCUT2D eigenvalue weighted by atomic mass is 9.90. The van der Waals surface area contributed by atoms with E-state index in [0.29, 0.717) is 13.0 Å². The maximum Gasteiger partial charge on any atom is 0.225 e. The summed E-state index contributed by atoms with van der Waals surface area (Å²) in [6.07, 6.45) is 0.478. The highest BCUT2D eigenvalue weighted by atomic mass is 127. The van der Waals surface area contributed by atoms with Crippen molar-refractivity contribution in [1.82, 2.24) is 15.5 Å². The van der Waals surface area contributed by atoms with Crippen LogP contribution in [-0.2, 0) is 9.53 Å². The first-order chi connectivity index (χ1) is 15.1. The molecule has 2 unspecified atom stereocenters. The van der Waals surface area contributed by atoms with Crippen LogP contribution in [0.2, 0.25) is 0 Å². The molecule has 7 nitrogen and oxygen atoms in total. The van der Waals surface area contributed by atoms with Crippen LogP contribution in [0.4, 0.5) is 5.69 Å². The Morgan fingerprint density at radius 2 is 2.03 bits per heavy atom. The number of fused-ring (bicyclic) bond motifs is 1. The van der Waals surface area contributed by atoms with Gasteiger partial charge in [0, 0.05) is 61.0 Å². The molecular weight excluding hydrogens is 537 g/mol. The van der Waals surface area contributed by atoms with Gasteiger partial charge in [-0.05, 0) is 30.7 Å². The average molecular weight is 570 g/mol. The standard InChI is InChI=1S/C23H31N5O2S.HI/c1-16-7-8-21(31-16)20(28-9-11-30-12-10-28)15-26-23(24-2)25-14-17-13-22(29)27-19-6-4-3-5-18(17)19;/h3-8,17,20H,9-15H2,1-2H3,(H,27,29)(H2,24,25,26);1H. The van der Waals surface area contributed by atoms with Crippen molar-refractivity contribution in [2.24, 2.45) is 4.99 Å². The van der Waals surface area contributed by atoms with Crippen molar-refractivity contribution >= 4 is 52.9 Å². The first-order valence-corrected chi connectivity index (χ1v) is 11.7. The fourth-order valence-electron chi connectivity index (χ4n) is 4.25. The van der Waals surface area contributed by atoms with E-state index < -0.39 is 0 Å². The van der Waals surface area contributed by atoms with Crippen LogP contribution in [-0.4, -0.2) is 63.2 Å². The van der Waals surface area contributed by atoms with Gasteiger partial charge >= 0.3 is 0 Å². The number of ether oxygens (including phenoxy) is 1. The molecule has 1 aromatic heterocycles. The number of aryl methyl sites for hydroxylation is 1. The summed E-state index contributed by atoms with van der Waals surface area (Å²) < 4.78 is 5.55. The highest BCUT2D eigenvalue weighted by Gasteiger charge is 2.26. The molecule has 3 N–H and O–H groups in total. The SMILES string of the molecule is CN=C(NCC1CC(=O)Nc2ccccc21)NCC(c1ccc(C)s1)N1CCOCC1.I. The third-order valence-electron chi connectivity index (χ3n) is 5.88. The lowest BCUT2D eigenvalue weighted by molar-refractivity contribution is -0.116. The number of para-hydroxylation sites is 1. The minimum Gasteiger partial charge on any atom is -0.379 e. The summed E-state index contributed by atoms with van der Waals surface area (Å²) in [6.45, 7) is 6.99. The molecule has 2 aliphatic heterocycles. The topological polar surface area (TPSA) is 78.0 Å². The molecule has 9 heteroatoms. The third-order valence-corrected chi connectivity index (χ3v) is 6.99. The van der Waals surface area contributed by atoms with E-state index in [1.807, 2.05) is 29.5 Å². The second-order valence-corrected chi connectivity index (χ2v) is 9.30. The van der Waals surface area contributed by atoms with E-state index in [0.717, 1.165) is 44.5 Å². The number of morpholine rings is 1. The number of thiophene rings is 1. The van der Waals surface area contributed by atoms with Crippen molar-refractivity contribution in [2.75, 3.05) is 51.8 Å². The molecule has 1 fully saturated rings. The number of hydrogen-bond acceptors (Lipinski definition) is 5. The Balaban J connectivity index is 0.00000289. The molecule has 2 aliphatic rings. The summed E-state index contributed by atoms with van der Waals surface area (Å²) in [5.74, 6) is 0.947. The molecule has 1 amide bonds. The number of nitrogens with one attached hydrogen (secondary N) is 3.